The van der Waals surface area contributed by atoms with Crippen molar-refractivity contribution in [3.05, 3.63) is 24.3 Å². The standard InChI is InChI=1S/C8H8IN3/c1-6(9)12-8-5-3-2-4-7(8)10-11-12/h2-6H,1H3/t6-/m0/s1. The summed E-state index contributed by atoms with van der Waals surface area (Å²) in [6, 6.07) is 7.97. The van der Waals surface area contributed by atoms with Crippen molar-refractivity contribution < 1.29 is 0 Å². The van der Waals surface area contributed by atoms with Gasteiger partial charge in [0.1, 0.15) is 9.57 Å². The SMILES string of the molecule is C[C@@H](I)n1nnc2ccccc21. The number of alkyl halides is 1. The van der Waals surface area contributed by atoms with E-state index in [-0.39, 0.29) is 0 Å². The molecule has 0 aliphatic rings. The Morgan fingerprint density at radius 2 is 2.17 bits per heavy atom. The number of nitrogens with zero attached hydrogens (tertiary/aromatic N) is 3. The number of para-hydroxylation sites is 1. The minimum Gasteiger partial charge on any atom is -0.232 e. The van der Waals surface area contributed by atoms with Crippen LogP contribution in [0.5, 0.6) is 0 Å². The summed E-state index contributed by atoms with van der Waals surface area (Å²) >= 11 is 2.31. The van der Waals surface area contributed by atoms with Gasteiger partial charge < -0.3 is 0 Å². The Kier molecular flexibility index (Phi) is 2.00. The topological polar surface area (TPSA) is 30.7 Å². The van der Waals surface area contributed by atoms with E-state index in [0.29, 0.717) is 4.05 Å². The molecule has 1 heterocycles. The van der Waals surface area contributed by atoms with Gasteiger partial charge in [0.15, 0.2) is 0 Å². The van der Waals surface area contributed by atoms with Crippen molar-refractivity contribution in [1.82, 2.24) is 15.0 Å². The number of rotatable bonds is 1. The van der Waals surface area contributed by atoms with Crippen molar-refractivity contribution in [2.45, 2.75) is 11.0 Å². The molecular formula is C8H8IN3. The average Bonchev–Trinajstić information content (AvgIpc) is 2.47. The Morgan fingerprint density at radius 3 is 2.92 bits per heavy atom. The van der Waals surface area contributed by atoms with E-state index in [4.69, 9.17) is 0 Å². The lowest BCUT2D eigenvalue weighted by Gasteiger charge is -2.02. The van der Waals surface area contributed by atoms with E-state index in [9.17, 15) is 0 Å². The van der Waals surface area contributed by atoms with E-state index < -0.39 is 0 Å². The third-order valence-electron chi connectivity index (χ3n) is 1.71. The predicted octanol–water partition coefficient (Wildman–Crippen LogP) is 2.38. The molecule has 2 rings (SSSR count). The number of hydrogen-bond donors (Lipinski definition) is 0. The molecule has 0 radical (unpaired) electrons. The predicted molar refractivity (Wildman–Crippen MR) is 56.3 cm³/mol. The third-order valence-corrected chi connectivity index (χ3v) is 2.24. The molecule has 0 bridgehead atoms. The van der Waals surface area contributed by atoms with Gasteiger partial charge >= 0.3 is 0 Å². The van der Waals surface area contributed by atoms with Gasteiger partial charge in [0, 0.05) is 0 Å². The maximum absolute atomic E-state index is 4.05. The molecule has 0 unspecified atom stereocenters. The first-order valence-corrected chi connectivity index (χ1v) is 4.97. The first-order chi connectivity index (χ1) is 5.79. The van der Waals surface area contributed by atoms with Gasteiger partial charge in [-0.25, -0.2) is 4.68 Å². The molecule has 0 aliphatic carbocycles. The second-order valence-electron chi connectivity index (χ2n) is 2.60. The van der Waals surface area contributed by atoms with Crippen LogP contribution in [0, 0.1) is 0 Å². The zero-order valence-electron chi connectivity index (χ0n) is 6.61. The van der Waals surface area contributed by atoms with E-state index in [1.165, 1.54) is 0 Å². The zero-order valence-corrected chi connectivity index (χ0v) is 8.76. The molecule has 1 aromatic heterocycles. The Morgan fingerprint density at radius 1 is 1.42 bits per heavy atom. The van der Waals surface area contributed by atoms with Gasteiger partial charge in [0.2, 0.25) is 0 Å². The van der Waals surface area contributed by atoms with E-state index in [1.807, 2.05) is 28.9 Å². The lowest BCUT2D eigenvalue weighted by molar-refractivity contribution is 0.651. The quantitative estimate of drug-likeness (QED) is 0.590. The number of halogens is 1. The normalized spacial score (nSPS) is 13.5. The van der Waals surface area contributed by atoms with Crippen LogP contribution in [0.1, 0.15) is 11.0 Å². The number of hydrogen-bond acceptors (Lipinski definition) is 2. The molecule has 0 saturated carbocycles. The first kappa shape index (κ1) is 7.97. The Labute approximate surface area is 83.9 Å². The van der Waals surface area contributed by atoms with Gasteiger partial charge in [-0.2, -0.15) is 0 Å². The average molecular weight is 273 g/mol. The summed E-state index contributed by atoms with van der Waals surface area (Å²) in [5, 5.41) is 8.10. The van der Waals surface area contributed by atoms with Crippen molar-refractivity contribution in [2.75, 3.05) is 0 Å². The second-order valence-corrected chi connectivity index (χ2v) is 4.40. The third kappa shape index (κ3) is 1.20. The molecule has 2 aromatic rings. The molecule has 0 amide bonds. The van der Waals surface area contributed by atoms with Crippen molar-refractivity contribution in [3.63, 3.8) is 0 Å². The maximum atomic E-state index is 4.05. The summed E-state index contributed by atoms with van der Waals surface area (Å²) in [7, 11) is 0. The van der Waals surface area contributed by atoms with E-state index in [0.717, 1.165) is 11.0 Å². The van der Waals surface area contributed by atoms with Crippen LogP contribution in [0.15, 0.2) is 24.3 Å². The van der Waals surface area contributed by atoms with Gasteiger partial charge in [-0.3, -0.25) is 0 Å². The molecule has 1 atom stereocenters. The van der Waals surface area contributed by atoms with E-state index in [2.05, 4.69) is 39.8 Å². The van der Waals surface area contributed by atoms with Crippen LogP contribution < -0.4 is 0 Å². The van der Waals surface area contributed by atoms with Crippen LogP contribution in [0.25, 0.3) is 11.0 Å². The molecule has 0 saturated heterocycles. The largest absolute Gasteiger partial charge is 0.232 e. The molecule has 12 heavy (non-hydrogen) atoms. The Hall–Kier alpha value is -0.650. The highest BCUT2D eigenvalue weighted by molar-refractivity contribution is 14.1. The monoisotopic (exact) mass is 273 g/mol. The minimum absolute atomic E-state index is 0.343. The lowest BCUT2D eigenvalue weighted by Crippen LogP contribution is -1.99. The zero-order chi connectivity index (χ0) is 8.55. The van der Waals surface area contributed by atoms with Gasteiger partial charge in [0.25, 0.3) is 0 Å². The van der Waals surface area contributed by atoms with Crippen LogP contribution in [0.3, 0.4) is 0 Å². The fraction of sp³-hybridized carbons (Fsp3) is 0.250. The molecular weight excluding hydrogens is 265 g/mol. The fourth-order valence-corrected chi connectivity index (χ4v) is 1.56. The summed E-state index contributed by atoms with van der Waals surface area (Å²) in [5.74, 6) is 0. The number of aromatic nitrogens is 3. The van der Waals surface area contributed by atoms with Crippen molar-refractivity contribution in [2.24, 2.45) is 0 Å². The molecule has 0 N–H and O–H groups in total. The summed E-state index contributed by atoms with van der Waals surface area (Å²) in [6.07, 6.45) is 0. The fourth-order valence-electron chi connectivity index (χ4n) is 1.15. The molecule has 0 spiro atoms. The lowest BCUT2D eigenvalue weighted by atomic mass is 10.3. The smallest absolute Gasteiger partial charge is 0.113 e. The summed E-state index contributed by atoms with van der Waals surface area (Å²) in [4.78, 5) is 0. The maximum Gasteiger partial charge on any atom is 0.113 e. The van der Waals surface area contributed by atoms with Gasteiger partial charge in [-0.05, 0) is 19.1 Å². The summed E-state index contributed by atoms with van der Waals surface area (Å²) in [5.41, 5.74) is 2.06. The molecule has 4 heteroatoms. The minimum atomic E-state index is 0.343. The molecule has 3 nitrogen and oxygen atoms in total. The van der Waals surface area contributed by atoms with Crippen molar-refractivity contribution in [3.8, 4) is 0 Å². The highest BCUT2D eigenvalue weighted by atomic mass is 127. The Balaban J connectivity index is 2.70. The second kappa shape index (κ2) is 3.01. The highest BCUT2D eigenvalue weighted by Gasteiger charge is 2.05. The van der Waals surface area contributed by atoms with Crippen LogP contribution in [0.2, 0.25) is 0 Å². The van der Waals surface area contributed by atoms with Crippen molar-refractivity contribution >= 4 is 33.6 Å². The molecule has 1 aromatic carbocycles. The molecule has 0 aliphatic heterocycles. The molecule has 0 fully saturated rings. The van der Waals surface area contributed by atoms with Crippen LogP contribution >= 0.6 is 22.6 Å². The van der Waals surface area contributed by atoms with Gasteiger partial charge in [-0.15, -0.1) is 5.10 Å². The summed E-state index contributed by atoms with van der Waals surface area (Å²) in [6.45, 7) is 2.08. The van der Waals surface area contributed by atoms with E-state index in [1.54, 1.807) is 0 Å². The summed E-state index contributed by atoms with van der Waals surface area (Å²) < 4.78 is 2.26. The number of fused-ring (bicyclic) bond motifs is 1. The van der Waals surface area contributed by atoms with Crippen LogP contribution in [-0.2, 0) is 0 Å². The van der Waals surface area contributed by atoms with Crippen LogP contribution in [-0.4, -0.2) is 15.0 Å². The first-order valence-electron chi connectivity index (χ1n) is 3.73. The van der Waals surface area contributed by atoms with Gasteiger partial charge in [0.05, 0.1) is 5.52 Å². The Bertz CT molecular complexity index is 394. The van der Waals surface area contributed by atoms with E-state index >= 15 is 0 Å². The van der Waals surface area contributed by atoms with Crippen molar-refractivity contribution in [1.29, 1.82) is 0 Å². The van der Waals surface area contributed by atoms with Gasteiger partial charge in [-0.1, -0.05) is 39.9 Å². The number of benzene rings is 1. The molecule has 62 valence electrons. The highest BCUT2D eigenvalue weighted by Crippen LogP contribution is 2.19. The van der Waals surface area contributed by atoms with Crippen LogP contribution in [0.4, 0.5) is 0 Å².